The van der Waals surface area contributed by atoms with Gasteiger partial charge in [-0.3, -0.25) is 18.6 Å². The summed E-state index contributed by atoms with van der Waals surface area (Å²) in [4.78, 5) is 35.4. The molecule has 3 N–H and O–H groups in total. The van der Waals surface area contributed by atoms with Crippen molar-refractivity contribution in [3.8, 4) is 0 Å². The number of nitrogens with two attached hydrogens (primary N) is 1. The van der Waals surface area contributed by atoms with Gasteiger partial charge in [-0.25, -0.2) is 4.57 Å². The second kappa shape index (κ2) is 72.3. The molecule has 0 aliphatic heterocycles. The van der Waals surface area contributed by atoms with E-state index in [1.807, 2.05) is 0 Å². The molecule has 0 rings (SSSR count). The smallest absolute Gasteiger partial charge is 0.462 e. The van der Waals surface area contributed by atoms with Gasteiger partial charge in [0.2, 0.25) is 0 Å². The highest BCUT2D eigenvalue weighted by molar-refractivity contribution is 7.47. The fourth-order valence-electron chi connectivity index (χ4n) is 10.8. The summed E-state index contributed by atoms with van der Waals surface area (Å²) in [6.07, 6.45) is 96.9. The number of ether oxygens (including phenoxy) is 2. The van der Waals surface area contributed by atoms with Crippen LogP contribution >= 0.6 is 7.82 Å². The number of esters is 2. The van der Waals surface area contributed by atoms with Crippen molar-refractivity contribution in [3.05, 3.63) is 85.1 Å². The van der Waals surface area contributed by atoms with Gasteiger partial charge in [0.25, 0.3) is 0 Å². The molecule has 0 aliphatic carbocycles. The lowest BCUT2D eigenvalue weighted by atomic mass is 10.0. The first-order chi connectivity index (χ1) is 42.8. The summed E-state index contributed by atoms with van der Waals surface area (Å²) in [7, 11) is -4.40. The van der Waals surface area contributed by atoms with Gasteiger partial charge < -0.3 is 20.1 Å². The van der Waals surface area contributed by atoms with E-state index in [4.69, 9.17) is 24.3 Å². The molecule has 0 heterocycles. The van der Waals surface area contributed by atoms with E-state index < -0.39 is 26.5 Å². The van der Waals surface area contributed by atoms with Crippen molar-refractivity contribution in [1.29, 1.82) is 0 Å². The van der Waals surface area contributed by atoms with E-state index in [0.717, 1.165) is 70.6 Å². The second-order valence-corrected chi connectivity index (χ2v) is 26.2. The minimum absolute atomic E-state index is 0.0534. The van der Waals surface area contributed by atoms with Crippen LogP contribution in [0.15, 0.2) is 85.1 Å². The maximum atomic E-state index is 12.8. The van der Waals surface area contributed by atoms with Gasteiger partial charge in [0, 0.05) is 19.4 Å². The van der Waals surface area contributed by atoms with Gasteiger partial charge in [0.15, 0.2) is 6.10 Å². The summed E-state index contributed by atoms with van der Waals surface area (Å²) >= 11 is 0. The largest absolute Gasteiger partial charge is 0.472 e. The second-order valence-electron chi connectivity index (χ2n) is 24.8. The molecule has 0 amide bonds. The molecule has 0 fully saturated rings. The number of carbonyl (C=O) groups excluding carboxylic acids is 2. The molecule has 87 heavy (non-hydrogen) atoms. The van der Waals surface area contributed by atoms with Crippen molar-refractivity contribution in [2.75, 3.05) is 26.4 Å². The molecular weight excluding hydrogens is 1100 g/mol. The molecule has 2 atom stereocenters. The van der Waals surface area contributed by atoms with Crippen LogP contribution < -0.4 is 5.73 Å². The van der Waals surface area contributed by atoms with Gasteiger partial charge in [-0.1, -0.05) is 343 Å². The van der Waals surface area contributed by atoms with E-state index in [-0.39, 0.29) is 38.6 Å². The Balaban J connectivity index is 3.82. The number of rotatable bonds is 70. The van der Waals surface area contributed by atoms with Crippen molar-refractivity contribution in [3.63, 3.8) is 0 Å². The molecule has 506 valence electrons. The zero-order chi connectivity index (χ0) is 63.0. The standard InChI is InChI=1S/C77H140NO8P/c1-3-5-7-9-11-13-15-17-19-21-23-25-27-29-31-33-35-37-39-41-43-45-47-49-51-53-55-57-59-61-63-65-67-69-76(79)83-73-75(74-85-87(81,82)84-72-71-78)86-77(80)70-68-66-64-62-60-58-56-54-52-50-48-46-44-42-40-38-36-34-32-30-28-26-24-22-20-18-16-14-12-10-8-6-4-2/h6,8,12,14-15,17-18,20-21,23-24,26-27,29,75H,3-5,7,9-11,13,16,19,22,25,28,30-74,78H2,1-2H3,(H,81,82)/b8-6-,14-12-,17-15-,20-18-,23-21-,26-24-,29-27-. The number of hydrogen-bond acceptors (Lipinski definition) is 8. The lowest BCUT2D eigenvalue weighted by Gasteiger charge is -2.19. The maximum Gasteiger partial charge on any atom is 0.472 e. The Bertz CT molecular complexity index is 1700. The summed E-state index contributed by atoms with van der Waals surface area (Å²) in [6, 6.07) is 0. The highest BCUT2D eigenvalue weighted by Gasteiger charge is 2.26. The van der Waals surface area contributed by atoms with Crippen LogP contribution in [0.25, 0.3) is 0 Å². The van der Waals surface area contributed by atoms with Gasteiger partial charge in [-0.15, -0.1) is 0 Å². The van der Waals surface area contributed by atoms with Crippen LogP contribution in [0.2, 0.25) is 0 Å². The van der Waals surface area contributed by atoms with E-state index in [1.165, 1.54) is 257 Å². The SMILES string of the molecule is CC/C=C\C/C=C\C/C=C\C/C=C\CCCCCCCCCCCCCCCCCCCCCCC(=O)OC(COC(=O)CCCCCCCCCCCCCCCCCCCC/C=C\C/C=C\C/C=C\CCCCCCC)COP(=O)(O)OCCN. The first-order valence-electron chi connectivity index (χ1n) is 37.1. The van der Waals surface area contributed by atoms with Crippen molar-refractivity contribution in [1.82, 2.24) is 0 Å². The van der Waals surface area contributed by atoms with Crippen LogP contribution in [0.1, 0.15) is 361 Å². The summed E-state index contributed by atoms with van der Waals surface area (Å²) < 4.78 is 33.2. The molecule has 0 radical (unpaired) electrons. The maximum absolute atomic E-state index is 12.8. The minimum Gasteiger partial charge on any atom is -0.462 e. The Kier molecular flexibility index (Phi) is 69.9. The summed E-state index contributed by atoms with van der Waals surface area (Å²) in [5.74, 6) is -0.811. The molecule has 0 bridgehead atoms. The van der Waals surface area contributed by atoms with E-state index >= 15 is 0 Å². The number of allylic oxidation sites excluding steroid dienone is 14. The Labute approximate surface area is 538 Å². The van der Waals surface area contributed by atoms with Crippen molar-refractivity contribution in [2.45, 2.75) is 367 Å². The fourth-order valence-corrected chi connectivity index (χ4v) is 11.6. The van der Waals surface area contributed by atoms with Gasteiger partial charge >= 0.3 is 19.8 Å². The first-order valence-corrected chi connectivity index (χ1v) is 38.6. The molecular formula is C77H140NO8P. The van der Waals surface area contributed by atoms with E-state index in [0.29, 0.717) is 6.42 Å². The molecule has 0 aliphatic rings. The van der Waals surface area contributed by atoms with Crippen molar-refractivity contribution >= 4 is 19.8 Å². The predicted molar refractivity (Wildman–Crippen MR) is 376 cm³/mol. The summed E-state index contributed by atoms with van der Waals surface area (Å²) in [5, 5.41) is 0. The van der Waals surface area contributed by atoms with E-state index in [1.54, 1.807) is 0 Å². The molecule has 2 unspecified atom stereocenters. The summed E-state index contributed by atoms with van der Waals surface area (Å²) in [6.45, 7) is 3.67. The van der Waals surface area contributed by atoms with Crippen molar-refractivity contribution in [2.24, 2.45) is 5.73 Å². The molecule has 0 saturated carbocycles. The summed E-state index contributed by atoms with van der Waals surface area (Å²) in [5.41, 5.74) is 5.41. The monoisotopic (exact) mass is 1240 g/mol. The number of hydrogen-bond donors (Lipinski definition) is 2. The van der Waals surface area contributed by atoms with E-state index in [9.17, 15) is 19.0 Å². The van der Waals surface area contributed by atoms with Crippen LogP contribution in [-0.2, 0) is 32.7 Å². The molecule has 9 nitrogen and oxygen atoms in total. The first kappa shape index (κ1) is 84.2. The van der Waals surface area contributed by atoms with Crippen molar-refractivity contribution < 1.29 is 37.6 Å². The van der Waals surface area contributed by atoms with Crippen LogP contribution in [0.3, 0.4) is 0 Å². The van der Waals surface area contributed by atoms with Gasteiger partial charge in [0.05, 0.1) is 13.2 Å². The third-order valence-corrected chi connectivity index (χ3v) is 17.2. The van der Waals surface area contributed by atoms with Crippen LogP contribution in [0, 0.1) is 0 Å². The fraction of sp³-hybridized carbons (Fsp3) is 0.792. The Hall–Kier alpha value is -2.81. The highest BCUT2D eigenvalue weighted by Crippen LogP contribution is 2.43. The van der Waals surface area contributed by atoms with Crippen LogP contribution in [0.4, 0.5) is 0 Å². The normalized spacial score (nSPS) is 13.4. The molecule has 0 aromatic carbocycles. The zero-order valence-corrected chi connectivity index (χ0v) is 57.9. The third-order valence-electron chi connectivity index (χ3n) is 16.3. The average Bonchev–Trinajstić information content (AvgIpc) is 3.64. The topological polar surface area (TPSA) is 134 Å². The molecule has 10 heteroatoms. The highest BCUT2D eigenvalue weighted by atomic mass is 31.2. The Morgan fingerprint density at radius 1 is 0.356 bits per heavy atom. The zero-order valence-electron chi connectivity index (χ0n) is 57.0. The van der Waals surface area contributed by atoms with Gasteiger partial charge in [0.1, 0.15) is 6.61 Å². The molecule has 0 aromatic heterocycles. The quantitative estimate of drug-likeness (QED) is 0.0264. The van der Waals surface area contributed by atoms with E-state index in [2.05, 4.69) is 98.9 Å². The minimum atomic E-state index is -4.40. The number of phosphoric acid groups is 1. The van der Waals surface area contributed by atoms with Gasteiger partial charge in [-0.05, 0) is 89.9 Å². The Morgan fingerprint density at radius 3 is 0.943 bits per heavy atom. The molecule has 0 aromatic rings. The Morgan fingerprint density at radius 2 is 0.632 bits per heavy atom. The number of phosphoric ester groups is 1. The van der Waals surface area contributed by atoms with Crippen LogP contribution in [0.5, 0.6) is 0 Å². The molecule has 0 saturated heterocycles. The van der Waals surface area contributed by atoms with Gasteiger partial charge in [-0.2, -0.15) is 0 Å². The number of unbranched alkanes of at least 4 members (excludes halogenated alkanes) is 43. The third kappa shape index (κ3) is 72.1. The lowest BCUT2D eigenvalue weighted by molar-refractivity contribution is -0.161. The average molecular weight is 1240 g/mol. The van der Waals surface area contributed by atoms with Crippen LogP contribution in [-0.4, -0.2) is 49.3 Å². The number of carbonyl (C=O) groups is 2. The predicted octanol–water partition coefficient (Wildman–Crippen LogP) is 24.5. The lowest BCUT2D eigenvalue weighted by Crippen LogP contribution is -2.29. The molecule has 0 spiro atoms.